The molecule has 3 heteroatoms. The van der Waals surface area contributed by atoms with Crippen molar-refractivity contribution in [2.45, 2.75) is 25.7 Å². The van der Waals surface area contributed by atoms with Gasteiger partial charge in [-0.15, -0.1) is 0 Å². The van der Waals surface area contributed by atoms with Gasteiger partial charge in [0.15, 0.2) is 0 Å². The summed E-state index contributed by atoms with van der Waals surface area (Å²) in [7, 11) is 0. The van der Waals surface area contributed by atoms with E-state index < -0.39 is 0 Å². The molecule has 0 atom stereocenters. The van der Waals surface area contributed by atoms with Crippen molar-refractivity contribution < 1.29 is 0 Å². The Morgan fingerprint density at radius 2 is 1.86 bits per heavy atom. The number of halogens is 1. The molecule has 2 nitrogen and oxygen atoms in total. The minimum atomic E-state index is 0.0959. The first-order valence-electron chi connectivity index (χ1n) is 7.49. The highest BCUT2D eigenvalue weighted by molar-refractivity contribution is 9.10. The van der Waals surface area contributed by atoms with Crippen LogP contribution in [-0.2, 0) is 11.8 Å². The van der Waals surface area contributed by atoms with Crippen LogP contribution in [0, 0.1) is 0 Å². The van der Waals surface area contributed by atoms with Crippen molar-refractivity contribution in [1.29, 1.82) is 0 Å². The van der Waals surface area contributed by atoms with Crippen LogP contribution in [0.25, 0.3) is 16.8 Å². The molecule has 0 fully saturated rings. The van der Waals surface area contributed by atoms with Crippen LogP contribution < -0.4 is 0 Å². The van der Waals surface area contributed by atoms with Gasteiger partial charge in [0.25, 0.3) is 0 Å². The molecule has 0 saturated carbocycles. The van der Waals surface area contributed by atoms with E-state index in [9.17, 15) is 0 Å². The maximum atomic E-state index is 4.67. The number of nitrogens with zero attached hydrogens (tertiary/aromatic N) is 2. The smallest absolute Gasteiger partial charge is 0.0687 e. The van der Waals surface area contributed by atoms with Gasteiger partial charge in [-0.2, -0.15) is 5.10 Å². The van der Waals surface area contributed by atoms with E-state index in [0.717, 1.165) is 10.9 Å². The van der Waals surface area contributed by atoms with E-state index in [4.69, 9.17) is 0 Å². The SMILES string of the molecule is CC1(C)Cc2c(-c3ccccc3)cnn2-c2ccc(Br)cc21. The van der Waals surface area contributed by atoms with Gasteiger partial charge in [-0.1, -0.05) is 60.1 Å². The van der Waals surface area contributed by atoms with E-state index in [1.165, 1.54) is 28.1 Å². The quantitative estimate of drug-likeness (QED) is 0.593. The molecule has 1 aliphatic rings. The lowest BCUT2D eigenvalue weighted by Gasteiger charge is -2.33. The van der Waals surface area contributed by atoms with Gasteiger partial charge in [-0.05, 0) is 41.2 Å². The third kappa shape index (κ3) is 2.03. The van der Waals surface area contributed by atoms with Gasteiger partial charge in [-0.25, -0.2) is 4.68 Å². The largest absolute Gasteiger partial charge is 0.237 e. The van der Waals surface area contributed by atoms with Crippen LogP contribution in [0.3, 0.4) is 0 Å². The summed E-state index contributed by atoms with van der Waals surface area (Å²) >= 11 is 3.59. The molecule has 0 aliphatic carbocycles. The first-order chi connectivity index (χ1) is 10.6. The topological polar surface area (TPSA) is 17.8 Å². The second-order valence-corrected chi connectivity index (χ2v) is 7.42. The Bertz CT molecular complexity index is 847. The summed E-state index contributed by atoms with van der Waals surface area (Å²) in [6.45, 7) is 4.62. The first-order valence-corrected chi connectivity index (χ1v) is 8.28. The molecule has 0 unspecified atom stereocenters. The van der Waals surface area contributed by atoms with E-state index >= 15 is 0 Å². The molecule has 0 radical (unpaired) electrons. The molecule has 22 heavy (non-hydrogen) atoms. The Balaban J connectivity index is 1.96. The third-order valence-corrected chi connectivity index (χ3v) is 4.97. The Labute approximate surface area is 138 Å². The summed E-state index contributed by atoms with van der Waals surface area (Å²) in [5.41, 5.74) is 6.40. The van der Waals surface area contributed by atoms with Crippen LogP contribution >= 0.6 is 15.9 Å². The normalized spacial score (nSPS) is 15.2. The molecular formula is C19H17BrN2. The van der Waals surface area contributed by atoms with E-state index in [2.05, 4.69) is 88.1 Å². The Morgan fingerprint density at radius 3 is 2.64 bits per heavy atom. The molecule has 0 saturated heterocycles. The van der Waals surface area contributed by atoms with Crippen molar-refractivity contribution in [2.24, 2.45) is 0 Å². The molecule has 1 aliphatic heterocycles. The van der Waals surface area contributed by atoms with Crippen LogP contribution in [-0.4, -0.2) is 9.78 Å². The number of hydrogen-bond donors (Lipinski definition) is 0. The predicted molar refractivity (Wildman–Crippen MR) is 93.4 cm³/mol. The lowest BCUT2D eigenvalue weighted by atomic mass is 9.76. The van der Waals surface area contributed by atoms with Crippen molar-refractivity contribution in [2.75, 3.05) is 0 Å². The minimum Gasteiger partial charge on any atom is -0.237 e. The van der Waals surface area contributed by atoms with Gasteiger partial charge in [0.1, 0.15) is 0 Å². The standard InChI is InChI=1S/C19H17BrN2/c1-19(2)11-18-15(13-6-4-3-5-7-13)12-21-22(18)17-9-8-14(20)10-16(17)19/h3-10,12H,11H2,1-2H3. The Morgan fingerprint density at radius 1 is 1.09 bits per heavy atom. The maximum absolute atomic E-state index is 4.67. The van der Waals surface area contributed by atoms with Crippen molar-refractivity contribution in [1.82, 2.24) is 9.78 Å². The molecule has 0 spiro atoms. The van der Waals surface area contributed by atoms with Crippen LogP contribution in [0.5, 0.6) is 0 Å². The number of fused-ring (bicyclic) bond motifs is 3. The van der Waals surface area contributed by atoms with Crippen LogP contribution in [0.2, 0.25) is 0 Å². The van der Waals surface area contributed by atoms with E-state index in [0.29, 0.717) is 0 Å². The summed E-state index contributed by atoms with van der Waals surface area (Å²) in [4.78, 5) is 0. The number of hydrogen-bond acceptors (Lipinski definition) is 1. The minimum absolute atomic E-state index is 0.0959. The molecule has 2 aromatic carbocycles. The highest BCUT2D eigenvalue weighted by atomic mass is 79.9. The monoisotopic (exact) mass is 352 g/mol. The van der Waals surface area contributed by atoms with Gasteiger partial charge in [0.2, 0.25) is 0 Å². The second kappa shape index (κ2) is 4.82. The van der Waals surface area contributed by atoms with Gasteiger partial charge in [-0.3, -0.25) is 0 Å². The summed E-state index contributed by atoms with van der Waals surface area (Å²) in [5, 5.41) is 4.67. The summed E-state index contributed by atoms with van der Waals surface area (Å²) in [6, 6.07) is 17.0. The van der Waals surface area contributed by atoms with Crippen molar-refractivity contribution in [3.05, 3.63) is 70.5 Å². The molecule has 0 N–H and O–H groups in total. The zero-order valence-electron chi connectivity index (χ0n) is 12.7. The van der Waals surface area contributed by atoms with Gasteiger partial charge in [0.05, 0.1) is 17.6 Å². The number of aromatic nitrogens is 2. The van der Waals surface area contributed by atoms with Gasteiger partial charge >= 0.3 is 0 Å². The fourth-order valence-electron chi connectivity index (χ4n) is 3.36. The molecule has 0 bridgehead atoms. The third-order valence-electron chi connectivity index (χ3n) is 4.48. The van der Waals surface area contributed by atoms with Crippen molar-refractivity contribution >= 4 is 15.9 Å². The second-order valence-electron chi connectivity index (χ2n) is 6.50. The van der Waals surface area contributed by atoms with E-state index in [-0.39, 0.29) is 5.41 Å². The van der Waals surface area contributed by atoms with Gasteiger partial charge < -0.3 is 0 Å². The fraction of sp³-hybridized carbons (Fsp3) is 0.211. The van der Waals surface area contributed by atoms with Crippen LogP contribution in [0.4, 0.5) is 0 Å². The lowest BCUT2D eigenvalue weighted by molar-refractivity contribution is 0.481. The average Bonchev–Trinajstić information content (AvgIpc) is 2.91. The highest BCUT2D eigenvalue weighted by Gasteiger charge is 2.33. The highest BCUT2D eigenvalue weighted by Crippen LogP contribution is 2.41. The summed E-state index contributed by atoms with van der Waals surface area (Å²) in [6.07, 6.45) is 2.98. The first kappa shape index (κ1) is 13.8. The van der Waals surface area contributed by atoms with Crippen molar-refractivity contribution in [3.8, 4) is 16.8 Å². The zero-order chi connectivity index (χ0) is 15.3. The molecule has 110 valence electrons. The maximum Gasteiger partial charge on any atom is 0.0687 e. The average molecular weight is 353 g/mol. The van der Waals surface area contributed by atoms with E-state index in [1.807, 2.05) is 6.20 Å². The fourth-order valence-corrected chi connectivity index (χ4v) is 3.72. The molecule has 0 amide bonds. The van der Waals surface area contributed by atoms with E-state index in [1.54, 1.807) is 0 Å². The lowest BCUT2D eigenvalue weighted by Crippen LogP contribution is -2.29. The number of rotatable bonds is 1. The van der Waals surface area contributed by atoms with Crippen LogP contribution in [0.1, 0.15) is 25.1 Å². The molecule has 3 aromatic rings. The number of benzene rings is 2. The predicted octanol–water partition coefficient (Wildman–Crippen LogP) is 5.14. The molecule has 2 heterocycles. The summed E-state index contributed by atoms with van der Waals surface area (Å²) in [5.74, 6) is 0. The molecule has 1 aromatic heterocycles. The molecule has 4 rings (SSSR count). The molecular weight excluding hydrogens is 336 g/mol. The Kier molecular flexibility index (Phi) is 3.01. The summed E-state index contributed by atoms with van der Waals surface area (Å²) < 4.78 is 3.23. The van der Waals surface area contributed by atoms with Crippen LogP contribution in [0.15, 0.2) is 59.2 Å². The Hall–Kier alpha value is -1.87. The van der Waals surface area contributed by atoms with Crippen molar-refractivity contribution in [3.63, 3.8) is 0 Å². The zero-order valence-corrected chi connectivity index (χ0v) is 14.3. The van der Waals surface area contributed by atoms with Gasteiger partial charge in [0, 0.05) is 10.0 Å².